The molecule has 6 unspecified atom stereocenters. The summed E-state index contributed by atoms with van der Waals surface area (Å²) in [6, 6.07) is 30.2. The normalized spacial score (nSPS) is 30.1. The molecule has 2 nitrogen and oxygen atoms in total. The maximum Gasteiger partial charge on any atom is 0.0632 e. The second kappa shape index (κ2) is 8.77. The van der Waals surface area contributed by atoms with Crippen LogP contribution >= 0.6 is 0 Å². The molecular formula is C36H32N2. The summed E-state index contributed by atoms with van der Waals surface area (Å²) in [5.74, 6) is 1.29. The van der Waals surface area contributed by atoms with Crippen molar-refractivity contribution in [2.45, 2.75) is 42.8 Å². The molecule has 38 heavy (non-hydrogen) atoms. The van der Waals surface area contributed by atoms with Crippen LogP contribution in [-0.2, 0) is 0 Å². The summed E-state index contributed by atoms with van der Waals surface area (Å²) in [6.07, 6.45) is 23.8. The number of nitrogens with zero attached hydrogens (tertiary/aromatic N) is 2. The van der Waals surface area contributed by atoms with Gasteiger partial charge < -0.3 is 9.80 Å². The van der Waals surface area contributed by atoms with Crippen molar-refractivity contribution in [3.8, 4) is 0 Å². The second-order valence-corrected chi connectivity index (χ2v) is 11.2. The molecule has 0 amide bonds. The first-order valence-electron chi connectivity index (χ1n) is 14.1. The Labute approximate surface area is 225 Å². The summed E-state index contributed by atoms with van der Waals surface area (Å²) in [6.45, 7) is 0. The van der Waals surface area contributed by atoms with E-state index in [1.807, 2.05) is 0 Å². The van der Waals surface area contributed by atoms with Crippen LogP contribution in [0, 0.1) is 5.92 Å². The van der Waals surface area contributed by atoms with Gasteiger partial charge in [0.25, 0.3) is 0 Å². The van der Waals surface area contributed by atoms with Gasteiger partial charge in [0.05, 0.1) is 12.1 Å². The van der Waals surface area contributed by atoms with E-state index in [0.29, 0.717) is 35.9 Å². The van der Waals surface area contributed by atoms with Crippen molar-refractivity contribution in [1.29, 1.82) is 0 Å². The van der Waals surface area contributed by atoms with Crippen LogP contribution in [0.2, 0.25) is 0 Å². The maximum atomic E-state index is 2.73. The first-order chi connectivity index (χ1) is 18.9. The van der Waals surface area contributed by atoms with E-state index in [1.54, 1.807) is 0 Å². The molecule has 0 bridgehead atoms. The highest BCUT2D eigenvalue weighted by molar-refractivity contribution is 5.75. The third-order valence-corrected chi connectivity index (χ3v) is 9.25. The molecule has 2 heteroatoms. The van der Waals surface area contributed by atoms with Gasteiger partial charge in [0, 0.05) is 40.9 Å². The number of fused-ring (bicyclic) bond motifs is 6. The highest BCUT2D eigenvalue weighted by Crippen LogP contribution is 2.52. The van der Waals surface area contributed by atoms with Crippen LogP contribution in [0.15, 0.2) is 139 Å². The smallest absolute Gasteiger partial charge is 0.0632 e. The number of hydrogen-bond donors (Lipinski definition) is 0. The third kappa shape index (κ3) is 3.33. The summed E-state index contributed by atoms with van der Waals surface area (Å²) in [5.41, 5.74) is 8.42. The number of benzene rings is 3. The Morgan fingerprint density at radius 3 is 2.24 bits per heavy atom. The van der Waals surface area contributed by atoms with Gasteiger partial charge in [-0.05, 0) is 53.8 Å². The van der Waals surface area contributed by atoms with Crippen LogP contribution in [0.4, 0.5) is 17.1 Å². The largest absolute Gasteiger partial charge is 0.361 e. The van der Waals surface area contributed by atoms with Gasteiger partial charge in [0.1, 0.15) is 0 Å². The molecule has 186 valence electrons. The molecular weight excluding hydrogens is 460 g/mol. The van der Waals surface area contributed by atoms with Gasteiger partial charge in [0.2, 0.25) is 0 Å². The number of para-hydroxylation sites is 3. The van der Waals surface area contributed by atoms with Gasteiger partial charge in [-0.3, -0.25) is 0 Å². The number of rotatable bonds is 3. The monoisotopic (exact) mass is 492 g/mol. The standard InChI is InChI=1S/C36H32N2/c1-3-11-27(12-4-1)37-33-17-9-7-15-29(33)31-21-19-25(23-35(31)37)26-20-22-32-30-16-8-10-18-34(30)38(36(32)24-26)28-13-5-2-6-14-28/h1-13,15-23,26,28,31-32,35-36H,14,24H2. The van der Waals surface area contributed by atoms with Gasteiger partial charge in [-0.2, -0.15) is 0 Å². The molecule has 8 rings (SSSR count). The molecule has 2 aliphatic heterocycles. The van der Waals surface area contributed by atoms with Crippen molar-refractivity contribution < 1.29 is 0 Å². The average molecular weight is 493 g/mol. The van der Waals surface area contributed by atoms with Gasteiger partial charge >= 0.3 is 0 Å². The summed E-state index contributed by atoms with van der Waals surface area (Å²) in [7, 11) is 0. The Balaban J connectivity index is 1.15. The van der Waals surface area contributed by atoms with E-state index in [0.717, 1.165) is 12.8 Å². The molecule has 3 aromatic rings. The molecule has 2 heterocycles. The van der Waals surface area contributed by atoms with E-state index in [4.69, 9.17) is 0 Å². The Hall–Kier alpha value is -4.04. The summed E-state index contributed by atoms with van der Waals surface area (Å²) in [4.78, 5) is 5.28. The molecule has 0 N–H and O–H groups in total. The molecule has 0 fully saturated rings. The molecule has 0 aromatic heterocycles. The minimum atomic E-state index is 0.309. The molecule has 0 saturated carbocycles. The Kier molecular flexibility index (Phi) is 5.07. The van der Waals surface area contributed by atoms with E-state index >= 15 is 0 Å². The van der Waals surface area contributed by atoms with E-state index < -0.39 is 0 Å². The zero-order chi connectivity index (χ0) is 25.1. The second-order valence-electron chi connectivity index (χ2n) is 11.2. The Morgan fingerprint density at radius 2 is 1.42 bits per heavy atom. The van der Waals surface area contributed by atoms with Crippen molar-refractivity contribution in [3.05, 3.63) is 150 Å². The SMILES string of the molecule is C1=CCC(N2c3ccccc3C3C=CC(C4=CC5C(C=C4)c4ccccc4N5c4ccccc4)CC32)C=C1. The molecule has 0 radical (unpaired) electrons. The van der Waals surface area contributed by atoms with Crippen LogP contribution < -0.4 is 9.80 Å². The highest BCUT2D eigenvalue weighted by Gasteiger charge is 2.44. The Bertz CT molecular complexity index is 1520. The van der Waals surface area contributed by atoms with Gasteiger partial charge in [-0.25, -0.2) is 0 Å². The maximum absolute atomic E-state index is 2.73. The lowest BCUT2D eigenvalue weighted by Gasteiger charge is -2.40. The lowest BCUT2D eigenvalue weighted by atomic mass is 9.76. The first kappa shape index (κ1) is 22.0. The topological polar surface area (TPSA) is 6.48 Å². The summed E-state index contributed by atoms with van der Waals surface area (Å²) in [5, 5.41) is 0. The molecule has 0 saturated heterocycles. The molecule has 3 aromatic carbocycles. The van der Waals surface area contributed by atoms with E-state index in [1.165, 1.54) is 33.8 Å². The van der Waals surface area contributed by atoms with Crippen molar-refractivity contribution in [3.63, 3.8) is 0 Å². The minimum Gasteiger partial charge on any atom is -0.361 e. The minimum absolute atomic E-state index is 0.309. The zero-order valence-corrected chi connectivity index (χ0v) is 21.5. The third-order valence-electron chi connectivity index (χ3n) is 9.25. The molecule has 3 aliphatic carbocycles. The Morgan fingerprint density at radius 1 is 0.658 bits per heavy atom. The number of anilines is 3. The van der Waals surface area contributed by atoms with Crippen molar-refractivity contribution in [2.24, 2.45) is 5.92 Å². The fourth-order valence-corrected chi connectivity index (χ4v) is 7.60. The highest BCUT2D eigenvalue weighted by atomic mass is 15.2. The van der Waals surface area contributed by atoms with E-state index in [9.17, 15) is 0 Å². The van der Waals surface area contributed by atoms with Crippen LogP contribution in [0.3, 0.4) is 0 Å². The summed E-state index contributed by atoms with van der Waals surface area (Å²) >= 11 is 0. The van der Waals surface area contributed by atoms with Crippen LogP contribution in [0.1, 0.15) is 35.8 Å². The quantitative estimate of drug-likeness (QED) is 0.340. The predicted octanol–water partition coefficient (Wildman–Crippen LogP) is 8.22. The predicted molar refractivity (Wildman–Crippen MR) is 158 cm³/mol. The van der Waals surface area contributed by atoms with Crippen molar-refractivity contribution in [1.82, 2.24) is 0 Å². The van der Waals surface area contributed by atoms with Crippen LogP contribution in [0.5, 0.6) is 0 Å². The lowest BCUT2D eigenvalue weighted by Crippen LogP contribution is -2.43. The number of hydrogen-bond acceptors (Lipinski definition) is 2. The van der Waals surface area contributed by atoms with E-state index in [-0.39, 0.29) is 0 Å². The number of allylic oxidation sites excluding steroid dienone is 5. The molecule has 0 spiro atoms. The van der Waals surface area contributed by atoms with Crippen molar-refractivity contribution >= 4 is 17.1 Å². The molecule has 5 aliphatic rings. The fourth-order valence-electron chi connectivity index (χ4n) is 7.60. The first-order valence-corrected chi connectivity index (χ1v) is 14.1. The van der Waals surface area contributed by atoms with Crippen molar-refractivity contribution in [2.75, 3.05) is 9.80 Å². The van der Waals surface area contributed by atoms with Crippen LogP contribution in [-0.4, -0.2) is 18.1 Å². The van der Waals surface area contributed by atoms with Gasteiger partial charge in [-0.1, -0.05) is 109 Å². The zero-order valence-electron chi connectivity index (χ0n) is 21.5. The fraction of sp³-hybridized carbons (Fsp3) is 0.222. The van der Waals surface area contributed by atoms with Crippen LogP contribution in [0.25, 0.3) is 0 Å². The van der Waals surface area contributed by atoms with Gasteiger partial charge in [-0.15, -0.1) is 0 Å². The average Bonchev–Trinajstić information content (AvgIpc) is 3.50. The van der Waals surface area contributed by atoms with E-state index in [2.05, 4.69) is 143 Å². The van der Waals surface area contributed by atoms with Gasteiger partial charge in [0.15, 0.2) is 0 Å². The summed E-state index contributed by atoms with van der Waals surface area (Å²) < 4.78 is 0. The molecule has 6 atom stereocenters. The lowest BCUT2D eigenvalue weighted by molar-refractivity contribution is 0.455.